The lowest BCUT2D eigenvalue weighted by Gasteiger charge is -2.10. The summed E-state index contributed by atoms with van der Waals surface area (Å²) in [6.07, 6.45) is 2.95. The van der Waals surface area contributed by atoms with Gasteiger partial charge in [0.05, 0.1) is 12.3 Å². The molecule has 1 heterocycles. The summed E-state index contributed by atoms with van der Waals surface area (Å²) < 4.78 is 5.31. The van der Waals surface area contributed by atoms with Gasteiger partial charge in [-0.15, -0.1) is 0 Å². The summed E-state index contributed by atoms with van der Waals surface area (Å²) in [6, 6.07) is 4.27. The lowest BCUT2D eigenvalue weighted by molar-refractivity contribution is 0.432. The molecule has 2 nitrogen and oxygen atoms in total. The Hall–Kier alpha value is -0.410. The van der Waals surface area contributed by atoms with E-state index in [1.807, 2.05) is 23.9 Å². The van der Waals surface area contributed by atoms with Gasteiger partial charge in [-0.25, -0.2) is 0 Å². The zero-order valence-electron chi connectivity index (χ0n) is 8.95. The van der Waals surface area contributed by atoms with E-state index >= 15 is 0 Å². The van der Waals surface area contributed by atoms with Crippen LogP contribution in [0.3, 0.4) is 0 Å². The molecule has 0 bridgehead atoms. The van der Waals surface area contributed by atoms with E-state index in [9.17, 15) is 0 Å². The van der Waals surface area contributed by atoms with Crippen molar-refractivity contribution in [1.82, 2.24) is 5.32 Å². The molecule has 0 fully saturated rings. The third-order valence-corrected chi connectivity index (χ3v) is 3.08. The molecular weight excluding hydrogens is 194 g/mol. The lowest BCUT2D eigenvalue weighted by Crippen LogP contribution is -2.19. The van der Waals surface area contributed by atoms with Crippen LogP contribution in [0, 0.1) is 0 Å². The SMILES string of the molecule is CCSCCCNC(C)c1ccco1. The third-order valence-electron chi connectivity index (χ3n) is 2.09. The molecule has 0 aliphatic heterocycles. The van der Waals surface area contributed by atoms with Gasteiger partial charge in [0.1, 0.15) is 5.76 Å². The normalized spacial score (nSPS) is 13.0. The highest BCUT2D eigenvalue weighted by Gasteiger charge is 2.05. The van der Waals surface area contributed by atoms with Crippen molar-refractivity contribution in [1.29, 1.82) is 0 Å². The van der Waals surface area contributed by atoms with Gasteiger partial charge in [-0.05, 0) is 43.5 Å². The van der Waals surface area contributed by atoms with Crippen LogP contribution in [0.4, 0.5) is 0 Å². The summed E-state index contributed by atoms with van der Waals surface area (Å²) >= 11 is 1.99. The number of furan rings is 1. The first-order valence-electron chi connectivity index (χ1n) is 5.19. The lowest BCUT2D eigenvalue weighted by atomic mass is 10.2. The number of nitrogens with one attached hydrogen (secondary N) is 1. The monoisotopic (exact) mass is 213 g/mol. The van der Waals surface area contributed by atoms with Crippen molar-refractivity contribution >= 4 is 11.8 Å². The van der Waals surface area contributed by atoms with Crippen molar-refractivity contribution in [3.8, 4) is 0 Å². The highest BCUT2D eigenvalue weighted by Crippen LogP contribution is 2.12. The molecule has 80 valence electrons. The molecule has 0 saturated heterocycles. The standard InChI is InChI=1S/C11H19NOS/c1-3-14-9-5-7-12-10(2)11-6-4-8-13-11/h4,6,8,10,12H,3,5,7,9H2,1-2H3. The Labute approximate surface area is 90.5 Å². The van der Waals surface area contributed by atoms with Gasteiger partial charge < -0.3 is 9.73 Å². The first-order valence-corrected chi connectivity index (χ1v) is 6.34. The van der Waals surface area contributed by atoms with Crippen molar-refractivity contribution in [2.75, 3.05) is 18.1 Å². The van der Waals surface area contributed by atoms with E-state index in [2.05, 4.69) is 19.2 Å². The molecule has 3 heteroatoms. The van der Waals surface area contributed by atoms with Crippen molar-refractivity contribution in [2.45, 2.75) is 26.3 Å². The van der Waals surface area contributed by atoms with Crippen LogP contribution >= 0.6 is 11.8 Å². The van der Waals surface area contributed by atoms with Crippen molar-refractivity contribution < 1.29 is 4.42 Å². The van der Waals surface area contributed by atoms with Gasteiger partial charge in [-0.3, -0.25) is 0 Å². The topological polar surface area (TPSA) is 25.2 Å². The molecular formula is C11H19NOS. The second-order valence-corrected chi connectivity index (χ2v) is 4.64. The molecule has 0 amide bonds. The van der Waals surface area contributed by atoms with Crippen molar-refractivity contribution in [3.05, 3.63) is 24.2 Å². The van der Waals surface area contributed by atoms with E-state index in [-0.39, 0.29) is 0 Å². The molecule has 0 aliphatic carbocycles. The van der Waals surface area contributed by atoms with Crippen LogP contribution in [0.5, 0.6) is 0 Å². The van der Waals surface area contributed by atoms with Gasteiger partial charge in [-0.1, -0.05) is 6.92 Å². The Morgan fingerprint density at radius 2 is 2.43 bits per heavy atom. The molecule has 0 radical (unpaired) electrons. The predicted octanol–water partition coefficient (Wildman–Crippen LogP) is 3.07. The maximum atomic E-state index is 5.31. The molecule has 1 rings (SSSR count). The fourth-order valence-corrected chi connectivity index (χ4v) is 1.91. The van der Waals surface area contributed by atoms with Gasteiger partial charge in [0.25, 0.3) is 0 Å². The van der Waals surface area contributed by atoms with Gasteiger partial charge in [-0.2, -0.15) is 11.8 Å². The van der Waals surface area contributed by atoms with Crippen LogP contribution in [-0.4, -0.2) is 18.1 Å². The quantitative estimate of drug-likeness (QED) is 0.705. The Morgan fingerprint density at radius 3 is 3.07 bits per heavy atom. The summed E-state index contributed by atoms with van der Waals surface area (Å²) in [5, 5.41) is 3.44. The average molecular weight is 213 g/mol. The van der Waals surface area contributed by atoms with E-state index in [1.165, 1.54) is 17.9 Å². The average Bonchev–Trinajstić information content (AvgIpc) is 2.70. The summed E-state index contributed by atoms with van der Waals surface area (Å²) in [7, 11) is 0. The molecule has 1 unspecified atom stereocenters. The molecule has 14 heavy (non-hydrogen) atoms. The largest absolute Gasteiger partial charge is 0.468 e. The highest BCUT2D eigenvalue weighted by molar-refractivity contribution is 7.99. The fourth-order valence-electron chi connectivity index (χ4n) is 1.28. The van der Waals surface area contributed by atoms with E-state index in [0.29, 0.717) is 6.04 Å². The number of hydrogen-bond donors (Lipinski definition) is 1. The molecule has 0 aliphatic rings. The minimum absolute atomic E-state index is 0.330. The third kappa shape index (κ3) is 4.20. The molecule has 1 atom stereocenters. The number of thioether (sulfide) groups is 1. The fraction of sp³-hybridized carbons (Fsp3) is 0.636. The van der Waals surface area contributed by atoms with Crippen molar-refractivity contribution in [2.24, 2.45) is 0 Å². The predicted molar refractivity (Wildman–Crippen MR) is 62.7 cm³/mol. The van der Waals surface area contributed by atoms with Gasteiger partial charge in [0, 0.05) is 0 Å². The van der Waals surface area contributed by atoms with Crippen LogP contribution in [0.15, 0.2) is 22.8 Å². The summed E-state index contributed by atoms with van der Waals surface area (Å²) in [4.78, 5) is 0. The van der Waals surface area contributed by atoms with Crippen LogP contribution in [-0.2, 0) is 0 Å². The van der Waals surface area contributed by atoms with Crippen LogP contribution in [0.1, 0.15) is 32.1 Å². The highest BCUT2D eigenvalue weighted by atomic mass is 32.2. The van der Waals surface area contributed by atoms with E-state index in [0.717, 1.165) is 12.3 Å². The minimum Gasteiger partial charge on any atom is -0.468 e. The van der Waals surface area contributed by atoms with E-state index < -0.39 is 0 Å². The molecule has 1 aromatic heterocycles. The van der Waals surface area contributed by atoms with Crippen LogP contribution < -0.4 is 5.32 Å². The van der Waals surface area contributed by atoms with Crippen LogP contribution in [0.2, 0.25) is 0 Å². The van der Waals surface area contributed by atoms with Crippen molar-refractivity contribution in [3.63, 3.8) is 0 Å². The van der Waals surface area contributed by atoms with Gasteiger partial charge in [0.2, 0.25) is 0 Å². The maximum Gasteiger partial charge on any atom is 0.120 e. The Kier molecular flexibility index (Phi) is 5.80. The Balaban J connectivity index is 2.07. The van der Waals surface area contributed by atoms with Gasteiger partial charge >= 0.3 is 0 Å². The Morgan fingerprint density at radius 1 is 1.57 bits per heavy atom. The molecule has 0 spiro atoms. The maximum absolute atomic E-state index is 5.31. The van der Waals surface area contributed by atoms with Gasteiger partial charge in [0.15, 0.2) is 0 Å². The molecule has 1 N–H and O–H groups in total. The first-order chi connectivity index (χ1) is 6.84. The van der Waals surface area contributed by atoms with E-state index in [1.54, 1.807) is 6.26 Å². The van der Waals surface area contributed by atoms with Crippen LogP contribution in [0.25, 0.3) is 0 Å². The zero-order valence-corrected chi connectivity index (χ0v) is 9.77. The molecule has 1 aromatic rings. The minimum atomic E-state index is 0.330. The first kappa shape index (κ1) is 11.7. The second-order valence-electron chi connectivity index (χ2n) is 3.24. The molecule has 0 saturated carbocycles. The van der Waals surface area contributed by atoms with E-state index in [4.69, 9.17) is 4.42 Å². The summed E-state index contributed by atoms with van der Waals surface area (Å²) in [5.74, 6) is 3.48. The number of hydrogen-bond acceptors (Lipinski definition) is 3. The second kappa shape index (κ2) is 6.96. The molecule has 0 aromatic carbocycles. The number of rotatable bonds is 7. The Bertz CT molecular complexity index is 223. The smallest absolute Gasteiger partial charge is 0.120 e. The summed E-state index contributed by atoms with van der Waals surface area (Å²) in [5.41, 5.74) is 0. The zero-order chi connectivity index (χ0) is 10.2. The summed E-state index contributed by atoms with van der Waals surface area (Å²) in [6.45, 7) is 5.39.